The largest absolute Gasteiger partial charge is 0.490 e. The third kappa shape index (κ3) is 3.28. The van der Waals surface area contributed by atoms with Crippen LogP contribution in [-0.2, 0) is 4.79 Å². The fourth-order valence-corrected chi connectivity index (χ4v) is 2.75. The first kappa shape index (κ1) is 14.8. The van der Waals surface area contributed by atoms with E-state index in [1.807, 2.05) is 13.8 Å². The van der Waals surface area contributed by atoms with Gasteiger partial charge in [0.1, 0.15) is 23.2 Å². The first-order valence-corrected chi connectivity index (χ1v) is 6.84. The summed E-state index contributed by atoms with van der Waals surface area (Å²) in [6, 6.07) is 5.89. The van der Waals surface area contributed by atoms with Gasteiger partial charge in [-0.25, -0.2) is 4.39 Å². The van der Waals surface area contributed by atoms with Crippen molar-refractivity contribution in [2.24, 2.45) is 0 Å². The number of carbonyl (C=O) groups is 1. The van der Waals surface area contributed by atoms with Gasteiger partial charge < -0.3 is 9.84 Å². The summed E-state index contributed by atoms with van der Waals surface area (Å²) < 4.78 is 18.6. The van der Waals surface area contributed by atoms with E-state index in [-0.39, 0.29) is 18.0 Å². The third-order valence-corrected chi connectivity index (χ3v) is 3.56. The summed E-state index contributed by atoms with van der Waals surface area (Å²) in [7, 11) is 0. The Labute approximate surface area is 117 Å². The molecule has 20 heavy (non-hydrogen) atoms. The summed E-state index contributed by atoms with van der Waals surface area (Å²) in [6.45, 7) is 3.86. The predicted molar refractivity (Wildman–Crippen MR) is 73.3 cm³/mol. The topological polar surface area (TPSA) is 58.6 Å². The predicted octanol–water partition coefficient (Wildman–Crippen LogP) is 2.58. The Balaban J connectivity index is 2.03. The van der Waals surface area contributed by atoms with Crippen molar-refractivity contribution in [3.05, 3.63) is 30.1 Å². The minimum atomic E-state index is -0.918. The first-order chi connectivity index (χ1) is 9.41. The van der Waals surface area contributed by atoms with Gasteiger partial charge >= 0.3 is 5.97 Å². The van der Waals surface area contributed by atoms with Crippen molar-refractivity contribution in [2.75, 3.05) is 0 Å². The number of carboxylic acid groups (broad SMARTS) is 1. The van der Waals surface area contributed by atoms with Crippen LogP contribution in [0.4, 0.5) is 4.39 Å². The van der Waals surface area contributed by atoms with Crippen LogP contribution in [0.5, 0.6) is 5.75 Å². The number of aliphatic carboxylic acids is 1. The van der Waals surface area contributed by atoms with Gasteiger partial charge in [-0.3, -0.25) is 10.1 Å². The molecule has 1 aliphatic carbocycles. The zero-order valence-electron chi connectivity index (χ0n) is 11.7. The normalized spacial score (nSPS) is 25.9. The van der Waals surface area contributed by atoms with Gasteiger partial charge in [0.25, 0.3) is 0 Å². The SMILES string of the molecule is CC(C)NC1(C(=O)O)CCC(Oc2ccc(F)cc2)C1. The van der Waals surface area contributed by atoms with Crippen LogP contribution in [0.3, 0.4) is 0 Å². The first-order valence-electron chi connectivity index (χ1n) is 6.84. The van der Waals surface area contributed by atoms with E-state index in [0.717, 1.165) is 0 Å². The molecule has 4 nitrogen and oxygen atoms in total. The van der Waals surface area contributed by atoms with Crippen molar-refractivity contribution < 1.29 is 19.0 Å². The number of hydrogen-bond acceptors (Lipinski definition) is 3. The molecule has 1 aromatic rings. The Hall–Kier alpha value is -1.62. The molecular formula is C15H20FNO3. The molecule has 0 spiro atoms. The highest BCUT2D eigenvalue weighted by molar-refractivity contribution is 5.79. The molecule has 0 amide bonds. The van der Waals surface area contributed by atoms with E-state index in [2.05, 4.69) is 5.32 Å². The molecule has 5 heteroatoms. The van der Waals surface area contributed by atoms with Gasteiger partial charge in [-0.2, -0.15) is 0 Å². The molecule has 2 rings (SSSR count). The van der Waals surface area contributed by atoms with E-state index in [1.54, 1.807) is 12.1 Å². The van der Waals surface area contributed by atoms with E-state index < -0.39 is 11.5 Å². The summed E-state index contributed by atoms with van der Waals surface area (Å²) in [5.41, 5.74) is -0.918. The highest BCUT2D eigenvalue weighted by atomic mass is 19.1. The molecule has 1 aromatic carbocycles. The van der Waals surface area contributed by atoms with Crippen molar-refractivity contribution >= 4 is 5.97 Å². The van der Waals surface area contributed by atoms with E-state index >= 15 is 0 Å². The van der Waals surface area contributed by atoms with Crippen LogP contribution >= 0.6 is 0 Å². The maximum atomic E-state index is 12.8. The minimum absolute atomic E-state index is 0.0932. The number of benzene rings is 1. The van der Waals surface area contributed by atoms with Crippen molar-refractivity contribution in [3.63, 3.8) is 0 Å². The van der Waals surface area contributed by atoms with Crippen LogP contribution in [0.2, 0.25) is 0 Å². The van der Waals surface area contributed by atoms with Crippen LogP contribution in [0.1, 0.15) is 33.1 Å². The van der Waals surface area contributed by atoms with Crippen LogP contribution in [-0.4, -0.2) is 28.8 Å². The maximum Gasteiger partial charge on any atom is 0.324 e. The van der Waals surface area contributed by atoms with Crippen molar-refractivity contribution in [3.8, 4) is 5.75 Å². The van der Waals surface area contributed by atoms with E-state index in [4.69, 9.17) is 4.74 Å². The Morgan fingerprint density at radius 2 is 2.10 bits per heavy atom. The molecular weight excluding hydrogens is 261 g/mol. The van der Waals surface area contributed by atoms with E-state index in [0.29, 0.717) is 25.0 Å². The van der Waals surface area contributed by atoms with Gasteiger partial charge in [0.15, 0.2) is 0 Å². The molecule has 2 atom stereocenters. The van der Waals surface area contributed by atoms with Crippen LogP contribution in [0.25, 0.3) is 0 Å². The van der Waals surface area contributed by atoms with Crippen molar-refractivity contribution in [1.29, 1.82) is 0 Å². The highest BCUT2D eigenvalue weighted by Gasteiger charge is 2.46. The second kappa shape index (κ2) is 5.79. The third-order valence-electron chi connectivity index (χ3n) is 3.56. The number of hydrogen-bond donors (Lipinski definition) is 2. The summed E-state index contributed by atoms with van der Waals surface area (Å²) in [5.74, 6) is -0.580. The lowest BCUT2D eigenvalue weighted by Crippen LogP contribution is -2.53. The molecule has 0 aliphatic heterocycles. The van der Waals surface area contributed by atoms with E-state index in [9.17, 15) is 14.3 Å². The van der Waals surface area contributed by atoms with E-state index in [1.165, 1.54) is 12.1 Å². The van der Waals surface area contributed by atoms with Crippen molar-refractivity contribution in [2.45, 2.75) is 50.8 Å². The molecule has 1 saturated carbocycles. The van der Waals surface area contributed by atoms with Gasteiger partial charge in [0.2, 0.25) is 0 Å². The van der Waals surface area contributed by atoms with Crippen LogP contribution in [0.15, 0.2) is 24.3 Å². The fourth-order valence-electron chi connectivity index (χ4n) is 2.75. The molecule has 2 N–H and O–H groups in total. The van der Waals surface area contributed by atoms with Crippen LogP contribution < -0.4 is 10.1 Å². The molecule has 1 fully saturated rings. The lowest BCUT2D eigenvalue weighted by atomic mass is 9.96. The summed E-state index contributed by atoms with van der Waals surface area (Å²) in [4.78, 5) is 11.5. The second-order valence-electron chi connectivity index (χ2n) is 5.62. The summed E-state index contributed by atoms with van der Waals surface area (Å²) >= 11 is 0. The standard InChI is InChI=1S/C15H20FNO3/c1-10(2)17-15(14(18)19)8-7-13(9-15)20-12-5-3-11(16)4-6-12/h3-6,10,13,17H,7-9H2,1-2H3,(H,18,19). The number of ether oxygens (including phenoxy) is 1. The average molecular weight is 281 g/mol. The number of carboxylic acids is 1. The van der Waals surface area contributed by atoms with Gasteiger partial charge in [-0.05, 0) is 51.0 Å². The van der Waals surface area contributed by atoms with Gasteiger partial charge in [0, 0.05) is 12.5 Å². The number of halogens is 1. The zero-order valence-corrected chi connectivity index (χ0v) is 11.7. The average Bonchev–Trinajstić information content (AvgIpc) is 2.76. The Bertz CT molecular complexity index is 475. The molecule has 2 unspecified atom stereocenters. The Morgan fingerprint density at radius 1 is 1.45 bits per heavy atom. The molecule has 0 bridgehead atoms. The lowest BCUT2D eigenvalue weighted by molar-refractivity contribution is -0.145. The van der Waals surface area contributed by atoms with Crippen LogP contribution in [0, 0.1) is 5.82 Å². The fraction of sp³-hybridized carbons (Fsp3) is 0.533. The summed E-state index contributed by atoms with van der Waals surface area (Å²) in [5, 5.41) is 12.6. The summed E-state index contributed by atoms with van der Waals surface area (Å²) in [6.07, 6.45) is 1.45. The maximum absolute atomic E-state index is 12.8. The lowest BCUT2D eigenvalue weighted by Gasteiger charge is -2.28. The minimum Gasteiger partial charge on any atom is -0.490 e. The Morgan fingerprint density at radius 3 is 2.65 bits per heavy atom. The highest BCUT2D eigenvalue weighted by Crippen LogP contribution is 2.33. The molecule has 0 radical (unpaired) electrons. The number of rotatable bonds is 5. The zero-order chi connectivity index (χ0) is 14.8. The second-order valence-corrected chi connectivity index (χ2v) is 5.62. The smallest absolute Gasteiger partial charge is 0.324 e. The van der Waals surface area contributed by atoms with Gasteiger partial charge in [0.05, 0.1) is 0 Å². The molecule has 0 aromatic heterocycles. The van der Waals surface area contributed by atoms with Gasteiger partial charge in [-0.15, -0.1) is 0 Å². The van der Waals surface area contributed by atoms with Crippen molar-refractivity contribution in [1.82, 2.24) is 5.32 Å². The monoisotopic (exact) mass is 281 g/mol. The van der Waals surface area contributed by atoms with Gasteiger partial charge in [-0.1, -0.05) is 0 Å². The Kier molecular flexibility index (Phi) is 4.28. The number of nitrogens with one attached hydrogen (secondary N) is 1. The quantitative estimate of drug-likeness (QED) is 0.871. The molecule has 1 aliphatic rings. The molecule has 0 saturated heterocycles. The molecule has 110 valence electrons. The molecule has 0 heterocycles.